The fraction of sp³-hybridized carbons (Fsp3) is 0.520. The maximum atomic E-state index is 14.2. The summed E-state index contributed by atoms with van der Waals surface area (Å²) in [6, 6.07) is 13.0. The Balaban J connectivity index is 0.995. The molecule has 4 fully saturated rings. The summed E-state index contributed by atoms with van der Waals surface area (Å²) in [5, 5.41) is 31.3. The zero-order valence-electron chi connectivity index (χ0n) is 40.1. The largest absolute Gasteiger partial charge is 0.492 e. The second-order valence-corrected chi connectivity index (χ2v) is 23.5. The van der Waals surface area contributed by atoms with Crippen molar-refractivity contribution >= 4 is 60.3 Å². The van der Waals surface area contributed by atoms with Crippen molar-refractivity contribution in [1.29, 1.82) is 0 Å². The number of pyridine rings is 1. The number of hydrogen-bond donors (Lipinski definition) is 5. The highest BCUT2D eigenvalue weighted by atomic mass is 32.2. The number of hydrogen-bond acceptors (Lipinski definition) is 14. The second kappa shape index (κ2) is 19.2. The zero-order valence-corrected chi connectivity index (χ0v) is 41.8. The van der Waals surface area contributed by atoms with E-state index in [4.69, 9.17) is 19.7 Å². The molecule has 70 heavy (non-hydrogen) atoms. The van der Waals surface area contributed by atoms with E-state index < -0.39 is 22.1 Å². The first-order valence-electron chi connectivity index (χ1n) is 23.9. The molecular formula is C50H62N8O10S2. The molecule has 1 amide bonds. The summed E-state index contributed by atoms with van der Waals surface area (Å²) in [7, 11) is -2.24. The van der Waals surface area contributed by atoms with Gasteiger partial charge in [0.2, 0.25) is 0 Å². The van der Waals surface area contributed by atoms with E-state index in [-0.39, 0.29) is 65.3 Å². The molecule has 1 aliphatic heterocycles. The van der Waals surface area contributed by atoms with Gasteiger partial charge in [-0.1, -0.05) is 37.3 Å². The first-order valence-corrected chi connectivity index (χ1v) is 26.3. The molecule has 0 radical (unpaired) electrons. The first kappa shape index (κ1) is 49.5. The number of anilines is 2. The number of benzene rings is 2. The molecule has 5 aliphatic rings. The van der Waals surface area contributed by atoms with E-state index in [1.165, 1.54) is 17.5 Å². The smallest absolute Gasteiger partial charge is 0.355 e. The van der Waals surface area contributed by atoms with Crippen LogP contribution in [0.15, 0.2) is 54.9 Å². The molecule has 0 saturated heterocycles. The number of carboxylic acid groups (broad SMARTS) is 2. The summed E-state index contributed by atoms with van der Waals surface area (Å²) in [4.78, 5) is 51.4. The van der Waals surface area contributed by atoms with E-state index in [9.17, 15) is 32.5 Å². The van der Waals surface area contributed by atoms with Crippen molar-refractivity contribution in [1.82, 2.24) is 30.0 Å². The lowest BCUT2D eigenvalue weighted by Crippen LogP contribution is -2.64. The molecule has 5 aromatic rings. The summed E-state index contributed by atoms with van der Waals surface area (Å²) in [5.74, 6) is -2.11. The lowest BCUT2D eigenvalue weighted by Gasteiger charge is -2.69. The fourth-order valence-corrected chi connectivity index (χ4v) is 14.5. The number of carbonyl (C=O) groups is 3. The molecule has 4 bridgehead atoms. The van der Waals surface area contributed by atoms with Crippen LogP contribution in [0.1, 0.15) is 96.5 Å². The van der Waals surface area contributed by atoms with Crippen molar-refractivity contribution in [2.45, 2.75) is 90.8 Å². The number of amides is 1. The number of thiazole rings is 1. The van der Waals surface area contributed by atoms with Gasteiger partial charge in [0.15, 0.2) is 10.8 Å². The predicted octanol–water partition coefficient (Wildman–Crippen LogP) is 6.77. The van der Waals surface area contributed by atoms with E-state index in [1.54, 1.807) is 18.3 Å². The van der Waals surface area contributed by atoms with Gasteiger partial charge in [0.1, 0.15) is 12.4 Å². The number of rotatable bonds is 21. The van der Waals surface area contributed by atoms with Crippen LogP contribution >= 0.6 is 11.3 Å². The number of para-hydroxylation sites is 1. The predicted molar refractivity (Wildman–Crippen MR) is 265 cm³/mol. The van der Waals surface area contributed by atoms with Crippen LogP contribution in [0.4, 0.5) is 10.8 Å². The van der Waals surface area contributed by atoms with E-state index in [0.717, 1.165) is 65.6 Å². The van der Waals surface area contributed by atoms with Crippen LogP contribution < -0.4 is 20.3 Å². The van der Waals surface area contributed by atoms with Crippen LogP contribution in [0.3, 0.4) is 0 Å². The van der Waals surface area contributed by atoms with Crippen molar-refractivity contribution in [3.63, 3.8) is 0 Å². The topological polar surface area (TPSA) is 239 Å². The van der Waals surface area contributed by atoms with Crippen molar-refractivity contribution in [3.8, 4) is 16.9 Å². The van der Waals surface area contributed by atoms with Crippen molar-refractivity contribution < 1.29 is 47.0 Å². The summed E-state index contributed by atoms with van der Waals surface area (Å²) >= 11 is 1.39. The number of nitrogens with zero attached hydrogens (tertiary/aromatic N) is 6. The quantitative estimate of drug-likeness (QED) is 0.0376. The summed E-state index contributed by atoms with van der Waals surface area (Å²) in [6.45, 7) is 10.3. The van der Waals surface area contributed by atoms with E-state index >= 15 is 0 Å². The van der Waals surface area contributed by atoms with E-state index in [0.29, 0.717) is 79.0 Å². The van der Waals surface area contributed by atoms with Gasteiger partial charge in [-0.25, -0.2) is 14.8 Å². The number of aromatic nitrogens is 4. The number of aromatic carboxylic acids is 1. The molecule has 4 heterocycles. The number of ether oxygens (including phenoxy) is 2. The Morgan fingerprint density at radius 1 is 0.943 bits per heavy atom. The van der Waals surface area contributed by atoms with Gasteiger partial charge in [-0.15, -0.1) is 0 Å². The molecule has 4 saturated carbocycles. The lowest BCUT2D eigenvalue weighted by atomic mass is 9.39. The minimum Gasteiger partial charge on any atom is -0.492 e. The van der Waals surface area contributed by atoms with Gasteiger partial charge in [0, 0.05) is 85.6 Å². The molecule has 2 unspecified atom stereocenters. The molecule has 3 aromatic heterocycles. The zero-order chi connectivity index (χ0) is 49.6. The molecule has 20 heteroatoms. The van der Waals surface area contributed by atoms with Gasteiger partial charge in [0.25, 0.3) is 16.0 Å². The Labute approximate surface area is 411 Å². The van der Waals surface area contributed by atoms with E-state index in [1.807, 2.05) is 53.9 Å². The fourth-order valence-electron chi connectivity index (χ4n) is 13.1. The molecule has 0 spiro atoms. The molecule has 2 aromatic carbocycles. The number of carbonyl (C=O) groups excluding carboxylic acids is 1. The first-order chi connectivity index (χ1) is 33.2. The summed E-state index contributed by atoms with van der Waals surface area (Å²) in [5.41, 5.74) is 4.91. The average Bonchev–Trinajstić information content (AvgIpc) is 3.85. The van der Waals surface area contributed by atoms with Crippen molar-refractivity contribution in [3.05, 3.63) is 82.9 Å². The third kappa shape index (κ3) is 10.6. The second-order valence-electron chi connectivity index (χ2n) is 20.9. The maximum Gasteiger partial charge on any atom is 0.355 e. The van der Waals surface area contributed by atoms with Crippen LogP contribution in [0, 0.1) is 23.2 Å². The standard InChI is InChI=1S/C50H62N8O10S2/c1-32-35(23-53-58(32)31-49-26-47(2)25-48(3,27-49)29-50(28-47,30-49)68-21-18-56(4)19-22-70(64,65)66)42-38(11-15-52-43(42)45(62)63)57-17-13-33-36(24-57)34(9-10-39(33)67-20-16-51-14-12-41(59)60)44(61)55-46-54-37-7-5-6-8-40(37)69-46/h5-11,15,23,51H,12-14,16-22,24-31H2,1-4H3,(H,59,60)(H,62,63)(H,54,55,61)(H,64,65,66). The summed E-state index contributed by atoms with van der Waals surface area (Å²) < 4.78 is 48.2. The number of likely N-dealkylation sites (N-methyl/N-ethyl adjacent to an activating group) is 1. The van der Waals surface area contributed by atoms with Crippen LogP contribution in [-0.4, -0.2) is 130 Å². The lowest BCUT2D eigenvalue weighted by molar-refractivity contribution is -0.248. The Bertz CT molecular complexity index is 2890. The Hall–Kier alpha value is -5.51. The molecular weight excluding hydrogens is 937 g/mol. The van der Waals surface area contributed by atoms with Gasteiger partial charge in [-0.3, -0.25) is 24.1 Å². The normalized spacial score (nSPS) is 23.8. The Morgan fingerprint density at radius 2 is 1.71 bits per heavy atom. The van der Waals surface area contributed by atoms with Crippen molar-refractivity contribution in [2.75, 3.05) is 69.0 Å². The molecule has 10 rings (SSSR count). The number of aliphatic carboxylic acids is 1. The average molecular weight is 999 g/mol. The van der Waals surface area contributed by atoms with Crippen molar-refractivity contribution in [2.24, 2.45) is 16.2 Å². The highest BCUT2D eigenvalue weighted by molar-refractivity contribution is 7.85. The van der Waals surface area contributed by atoms with Gasteiger partial charge < -0.3 is 34.8 Å². The van der Waals surface area contributed by atoms with Gasteiger partial charge in [-0.05, 0) is 111 Å². The number of carboxylic acids is 2. The minimum absolute atomic E-state index is 0.00634. The van der Waals surface area contributed by atoms with Crippen LogP contribution in [0.25, 0.3) is 21.3 Å². The van der Waals surface area contributed by atoms with Crippen LogP contribution in [0.5, 0.6) is 5.75 Å². The SMILES string of the molecule is Cc1c(-c2c(N3CCc4c(OCCNCCC(=O)O)ccc(C(=O)Nc5nc6ccccc6s5)c4C3)ccnc2C(=O)O)cnn1CC12CC3(C)CC(C)(C1)CC(OCCN(C)CCS(=O)(=O)O)(C3)C2. The summed E-state index contributed by atoms with van der Waals surface area (Å²) in [6.07, 6.45) is 9.61. The highest BCUT2D eigenvalue weighted by Crippen LogP contribution is 2.72. The molecule has 18 nitrogen and oxygen atoms in total. The molecule has 374 valence electrons. The van der Waals surface area contributed by atoms with Gasteiger partial charge >= 0.3 is 11.9 Å². The monoisotopic (exact) mass is 998 g/mol. The minimum atomic E-state index is -4.06. The Kier molecular flexibility index (Phi) is 13.6. The molecule has 5 N–H and O–H groups in total. The third-order valence-corrected chi connectivity index (χ3v) is 16.4. The number of fused-ring (bicyclic) bond motifs is 2. The highest BCUT2D eigenvalue weighted by Gasteiger charge is 2.66. The Morgan fingerprint density at radius 3 is 2.44 bits per heavy atom. The maximum absolute atomic E-state index is 14.2. The molecule has 2 atom stereocenters. The molecule has 4 aliphatic carbocycles. The number of nitrogens with one attached hydrogen (secondary N) is 2. The van der Waals surface area contributed by atoms with Gasteiger partial charge in [-0.2, -0.15) is 13.5 Å². The van der Waals surface area contributed by atoms with Crippen LogP contribution in [0.2, 0.25) is 0 Å². The van der Waals surface area contributed by atoms with Crippen LogP contribution in [-0.2, 0) is 39.2 Å². The van der Waals surface area contributed by atoms with Gasteiger partial charge in [0.05, 0.1) is 40.8 Å². The van der Waals surface area contributed by atoms with E-state index in [2.05, 4.69) is 39.3 Å². The third-order valence-electron chi connectivity index (χ3n) is 14.8.